The van der Waals surface area contributed by atoms with E-state index in [4.69, 9.17) is 21.1 Å². The normalized spacial score (nSPS) is 10.8. The van der Waals surface area contributed by atoms with Gasteiger partial charge in [-0.25, -0.2) is 9.97 Å². The van der Waals surface area contributed by atoms with Gasteiger partial charge in [0.25, 0.3) is 0 Å². The van der Waals surface area contributed by atoms with Gasteiger partial charge in [0.05, 0.1) is 6.61 Å². The lowest BCUT2D eigenvalue weighted by Gasteiger charge is -2.07. The molecule has 1 aromatic carbocycles. The monoisotopic (exact) mass is 320 g/mol. The Morgan fingerprint density at radius 2 is 1.76 bits per heavy atom. The first-order valence-electron chi connectivity index (χ1n) is 6.51. The predicted molar refractivity (Wildman–Crippen MR) is 84.4 cm³/mol. The highest BCUT2D eigenvalue weighted by Gasteiger charge is 2.07. The zero-order chi connectivity index (χ0) is 14.7. The average Bonchev–Trinajstić information content (AvgIpc) is 2.96. The van der Waals surface area contributed by atoms with Crippen molar-refractivity contribution in [3.8, 4) is 11.5 Å². The fourth-order valence-electron chi connectivity index (χ4n) is 1.87. The summed E-state index contributed by atoms with van der Waals surface area (Å²) in [4.78, 5) is 9.55. The Kier molecular flexibility index (Phi) is 4.22. The SMILES string of the molecule is CCOc1ccc(OCc2nc(Cl)c3ccsc3n2)cc1. The van der Waals surface area contributed by atoms with E-state index in [0.29, 0.717) is 17.6 Å². The third kappa shape index (κ3) is 3.25. The van der Waals surface area contributed by atoms with Gasteiger partial charge in [-0.1, -0.05) is 11.6 Å². The number of thiophene rings is 1. The molecule has 108 valence electrons. The maximum atomic E-state index is 6.12. The average molecular weight is 321 g/mol. The molecular weight excluding hydrogens is 308 g/mol. The first-order chi connectivity index (χ1) is 10.3. The van der Waals surface area contributed by atoms with E-state index >= 15 is 0 Å². The lowest BCUT2D eigenvalue weighted by molar-refractivity contribution is 0.295. The summed E-state index contributed by atoms with van der Waals surface area (Å²) in [7, 11) is 0. The van der Waals surface area contributed by atoms with Crippen molar-refractivity contribution in [1.29, 1.82) is 0 Å². The summed E-state index contributed by atoms with van der Waals surface area (Å²) in [6.07, 6.45) is 0. The smallest absolute Gasteiger partial charge is 0.169 e. The number of hydrogen-bond donors (Lipinski definition) is 0. The molecule has 0 saturated heterocycles. The second kappa shape index (κ2) is 6.28. The van der Waals surface area contributed by atoms with Crippen molar-refractivity contribution in [1.82, 2.24) is 9.97 Å². The highest BCUT2D eigenvalue weighted by molar-refractivity contribution is 7.16. The van der Waals surface area contributed by atoms with Gasteiger partial charge in [0.15, 0.2) is 5.82 Å². The van der Waals surface area contributed by atoms with Crippen LogP contribution < -0.4 is 9.47 Å². The summed E-state index contributed by atoms with van der Waals surface area (Å²) in [6, 6.07) is 9.37. The molecule has 4 nitrogen and oxygen atoms in total. The molecule has 0 unspecified atom stereocenters. The molecule has 0 N–H and O–H groups in total. The molecule has 0 amide bonds. The highest BCUT2D eigenvalue weighted by atomic mass is 35.5. The molecular formula is C15H13ClN2O2S. The van der Waals surface area contributed by atoms with E-state index in [0.717, 1.165) is 21.7 Å². The summed E-state index contributed by atoms with van der Waals surface area (Å²) in [6.45, 7) is 2.88. The van der Waals surface area contributed by atoms with Crippen LogP contribution in [0, 0.1) is 0 Å². The molecule has 0 atom stereocenters. The van der Waals surface area contributed by atoms with Crippen molar-refractivity contribution in [3.05, 3.63) is 46.7 Å². The molecule has 3 rings (SSSR count). The maximum absolute atomic E-state index is 6.12. The van der Waals surface area contributed by atoms with E-state index in [-0.39, 0.29) is 6.61 Å². The van der Waals surface area contributed by atoms with Crippen molar-refractivity contribution in [2.75, 3.05) is 6.61 Å². The molecule has 0 fully saturated rings. The molecule has 3 aromatic rings. The van der Waals surface area contributed by atoms with Gasteiger partial charge in [-0.3, -0.25) is 0 Å². The number of aromatic nitrogens is 2. The molecule has 0 spiro atoms. The van der Waals surface area contributed by atoms with E-state index < -0.39 is 0 Å². The summed E-state index contributed by atoms with van der Waals surface area (Å²) in [5.74, 6) is 2.14. The van der Waals surface area contributed by atoms with Gasteiger partial charge >= 0.3 is 0 Å². The largest absolute Gasteiger partial charge is 0.494 e. The number of hydrogen-bond acceptors (Lipinski definition) is 5. The molecule has 2 aromatic heterocycles. The summed E-state index contributed by atoms with van der Waals surface area (Å²) in [5, 5.41) is 3.29. The first-order valence-corrected chi connectivity index (χ1v) is 7.77. The molecule has 0 aliphatic carbocycles. The minimum Gasteiger partial charge on any atom is -0.494 e. The van der Waals surface area contributed by atoms with Crippen LogP contribution in [0.4, 0.5) is 0 Å². The van der Waals surface area contributed by atoms with Crippen LogP contribution in [-0.4, -0.2) is 16.6 Å². The minimum absolute atomic E-state index is 0.279. The van der Waals surface area contributed by atoms with Crippen LogP contribution in [0.1, 0.15) is 12.7 Å². The number of nitrogens with zero attached hydrogens (tertiary/aromatic N) is 2. The molecule has 0 aliphatic heterocycles. The Hall–Kier alpha value is -1.85. The van der Waals surface area contributed by atoms with Gasteiger partial charge < -0.3 is 9.47 Å². The Balaban J connectivity index is 1.70. The van der Waals surface area contributed by atoms with Crippen LogP contribution in [0.15, 0.2) is 35.7 Å². The lowest BCUT2D eigenvalue weighted by Crippen LogP contribution is -2.01. The Morgan fingerprint density at radius 1 is 1.05 bits per heavy atom. The van der Waals surface area contributed by atoms with Crippen molar-refractivity contribution >= 4 is 33.2 Å². The number of rotatable bonds is 5. The Labute approximate surface area is 131 Å². The lowest BCUT2D eigenvalue weighted by atomic mass is 10.3. The number of halogens is 1. The number of ether oxygens (including phenoxy) is 2. The van der Waals surface area contributed by atoms with Crippen LogP contribution in [0.5, 0.6) is 11.5 Å². The number of fused-ring (bicyclic) bond motifs is 1. The van der Waals surface area contributed by atoms with Crippen molar-refractivity contribution in [2.45, 2.75) is 13.5 Å². The zero-order valence-electron chi connectivity index (χ0n) is 11.4. The van der Waals surface area contributed by atoms with Crippen molar-refractivity contribution in [2.24, 2.45) is 0 Å². The van der Waals surface area contributed by atoms with Gasteiger partial charge in [-0.15, -0.1) is 11.3 Å². The van der Waals surface area contributed by atoms with Gasteiger partial charge in [0.2, 0.25) is 0 Å². The highest BCUT2D eigenvalue weighted by Crippen LogP contribution is 2.25. The standard InChI is InChI=1S/C15H13ClN2O2S/c1-2-19-10-3-5-11(6-4-10)20-9-13-17-14(16)12-7-8-21-15(12)18-13/h3-8H,2,9H2,1H3. The van der Waals surface area contributed by atoms with Crippen LogP contribution in [-0.2, 0) is 6.61 Å². The molecule has 0 saturated carbocycles. The molecule has 2 heterocycles. The second-order valence-electron chi connectivity index (χ2n) is 4.26. The molecule has 0 aliphatic rings. The van der Waals surface area contributed by atoms with E-state index in [1.54, 1.807) is 0 Å². The van der Waals surface area contributed by atoms with Crippen LogP contribution >= 0.6 is 22.9 Å². The Morgan fingerprint density at radius 3 is 2.48 bits per heavy atom. The Bertz CT molecular complexity index is 743. The third-order valence-corrected chi connectivity index (χ3v) is 3.92. The topological polar surface area (TPSA) is 44.2 Å². The molecule has 21 heavy (non-hydrogen) atoms. The van der Waals surface area contributed by atoms with Crippen molar-refractivity contribution in [3.63, 3.8) is 0 Å². The zero-order valence-corrected chi connectivity index (χ0v) is 12.9. The van der Waals surface area contributed by atoms with Crippen LogP contribution in [0.2, 0.25) is 5.15 Å². The molecule has 0 bridgehead atoms. The summed E-state index contributed by atoms with van der Waals surface area (Å²) < 4.78 is 11.1. The summed E-state index contributed by atoms with van der Waals surface area (Å²) >= 11 is 7.66. The van der Waals surface area contributed by atoms with E-state index in [2.05, 4.69) is 9.97 Å². The predicted octanol–water partition coefficient (Wildman–Crippen LogP) is 4.32. The van der Waals surface area contributed by atoms with Gasteiger partial charge in [0, 0.05) is 5.39 Å². The summed E-state index contributed by atoms with van der Waals surface area (Å²) in [5.41, 5.74) is 0. The molecule has 6 heteroatoms. The number of benzene rings is 1. The van der Waals surface area contributed by atoms with Crippen LogP contribution in [0.3, 0.4) is 0 Å². The van der Waals surface area contributed by atoms with Crippen molar-refractivity contribution < 1.29 is 9.47 Å². The van der Waals surface area contributed by atoms with Gasteiger partial charge in [-0.05, 0) is 42.6 Å². The quantitative estimate of drug-likeness (QED) is 0.657. The van der Waals surface area contributed by atoms with E-state index in [1.165, 1.54) is 11.3 Å². The third-order valence-electron chi connectivity index (χ3n) is 2.83. The van der Waals surface area contributed by atoms with E-state index in [1.807, 2.05) is 42.6 Å². The fourth-order valence-corrected chi connectivity index (χ4v) is 2.96. The van der Waals surface area contributed by atoms with Gasteiger partial charge in [0.1, 0.15) is 28.1 Å². The first kappa shape index (κ1) is 14.1. The second-order valence-corrected chi connectivity index (χ2v) is 5.52. The maximum Gasteiger partial charge on any atom is 0.169 e. The van der Waals surface area contributed by atoms with Crippen LogP contribution in [0.25, 0.3) is 10.2 Å². The minimum atomic E-state index is 0.279. The fraction of sp³-hybridized carbons (Fsp3) is 0.200. The van der Waals surface area contributed by atoms with E-state index in [9.17, 15) is 0 Å². The molecule has 0 radical (unpaired) electrons. The van der Waals surface area contributed by atoms with Gasteiger partial charge in [-0.2, -0.15) is 0 Å².